The zero-order valence-corrected chi connectivity index (χ0v) is 19.0. The van der Waals surface area contributed by atoms with Gasteiger partial charge in [-0.25, -0.2) is 4.98 Å². The second-order valence-corrected chi connectivity index (χ2v) is 8.80. The summed E-state index contributed by atoms with van der Waals surface area (Å²) >= 11 is 1.59. The zero-order chi connectivity index (χ0) is 22.6. The first-order valence-corrected chi connectivity index (χ1v) is 11.6. The molecule has 33 heavy (non-hydrogen) atoms. The van der Waals surface area contributed by atoms with E-state index in [2.05, 4.69) is 46.5 Å². The van der Waals surface area contributed by atoms with Crippen LogP contribution in [0.4, 0.5) is 11.4 Å². The van der Waals surface area contributed by atoms with Gasteiger partial charge in [-0.05, 0) is 59.2 Å². The highest BCUT2D eigenvalue weighted by Gasteiger charge is 2.14. The fraction of sp³-hybridized carbons (Fsp3) is 0.0714. The zero-order valence-electron chi connectivity index (χ0n) is 18.2. The Kier molecular flexibility index (Phi) is 5.87. The highest BCUT2D eigenvalue weighted by molar-refractivity contribution is 7.16. The standard InChI is InChI=1S/C28H23N3OS/c1-31(24-10-6-3-7-11-24)18-22-16-21(12-14-25(22)20-8-4-2-5-9-20)28(32)30-23-13-15-27-26(17-23)29-19-33-27/h2-17,19H,18H2,1H3,(H,30,32). The Morgan fingerprint density at radius 2 is 1.67 bits per heavy atom. The number of amides is 1. The molecular formula is C28H23N3OS. The number of benzene rings is 4. The minimum absolute atomic E-state index is 0.132. The second kappa shape index (κ2) is 9.27. The Labute approximate surface area is 197 Å². The molecule has 0 atom stereocenters. The molecule has 0 unspecified atom stereocenters. The van der Waals surface area contributed by atoms with Crippen molar-refractivity contribution in [2.75, 3.05) is 17.3 Å². The first-order chi connectivity index (χ1) is 16.2. The minimum atomic E-state index is -0.132. The topological polar surface area (TPSA) is 45.2 Å². The summed E-state index contributed by atoms with van der Waals surface area (Å²) in [6.07, 6.45) is 0. The molecule has 0 aliphatic rings. The predicted molar refractivity (Wildman–Crippen MR) is 138 cm³/mol. The van der Waals surface area contributed by atoms with Gasteiger partial charge in [-0.2, -0.15) is 0 Å². The van der Waals surface area contributed by atoms with Crippen molar-refractivity contribution in [2.45, 2.75) is 6.54 Å². The van der Waals surface area contributed by atoms with E-state index in [1.165, 1.54) is 0 Å². The Bertz CT molecular complexity index is 1400. The van der Waals surface area contributed by atoms with Gasteiger partial charge in [0.05, 0.1) is 15.7 Å². The van der Waals surface area contributed by atoms with Gasteiger partial charge in [-0.1, -0.05) is 54.6 Å². The Morgan fingerprint density at radius 3 is 2.45 bits per heavy atom. The first kappa shape index (κ1) is 20.9. The van der Waals surface area contributed by atoms with Crippen molar-refractivity contribution in [2.24, 2.45) is 0 Å². The minimum Gasteiger partial charge on any atom is -0.370 e. The molecule has 5 heteroatoms. The molecule has 5 rings (SSSR count). The average molecular weight is 450 g/mol. The van der Waals surface area contributed by atoms with E-state index in [9.17, 15) is 4.79 Å². The lowest BCUT2D eigenvalue weighted by Crippen LogP contribution is -2.18. The van der Waals surface area contributed by atoms with Crippen LogP contribution in [-0.2, 0) is 6.54 Å². The molecule has 0 saturated heterocycles. The highest BCUT2D eigenvalue weighted by Crippen LogP contribution is 2.28. The third kappa shape index (κ3) is 4.64. The molecule has 1 aromatic heterocycles. The van der Waals surface area contributed by atoms with Crippen LogP contribution in [0, 0.1) is 0 Å². The SMILES string of the molecule is CN(Cc1cc(C(=O)Nc2ccc3scnc3c2)ccc1-c1ccccc1)c1ccccc1. The lowest BCUT2D eigenvalue weighted by Gasteiger charge is -2.22. The Hall–Kier alpha value is -3.96. The first-order valence-electron chi connectivity index (χ1n) is 10.8. The van der Waals surface area contributed by atoms with Crippen molar-refractivity contribution < 1.29 is 4.79 Å². The number of nitrogens with one attached hydrogen (secondary N) is 1. The van der Waals surface area contributed by atoms with Crippen molar-refractivity contribution in [3.8, 4) is 11.1 Å². The van der Waals surface area contributed by atoms with Crippen LogP contribution >= 0.6 is 11.3 Å². The monoisotopic (exact) mass is 449 g/mol. The van der Waals surface area contributed by atoms with Gasteiger partial charge < -0.3 is 10.2 Å². The number of carbonyl (C=O) groups excluding carboxylic acids is 1. The van der Waals surface area contributed by atoms with Gasteiger partial charge in [0.25, 0.3) is 5.91 Å². The van der Waals surface area contributed by atoms with Gasteiger partial charge in [-0.15, -0.1) is 11.3 Å². The molecular weight excluding hydrogens is 426 g/mol. The molecule has 0 radical (unpaired) electrons. The van der Waals surface area contributed by atoms with Crippen molar-refractivity contribution in [3.05, 3.63) is 114 Å². The number of anilines is 2. The van der Waals surface area contributed by atoms with E-state index < -0.39 is 0 Å². The van der Waals surface area contributed by atoms with Crippen LogP contribution in [0.25, 0.3) is 21.3 Å². The molecule has 0 aliphatic carbocycles. The quantitative estimate of drug-likeness (QED) is 0.308. The molecule has 0 aliphatic heterocycles. The lowest BCUT2D eigenvalue weighted by molar-refractivity contribution is 0.102. The van der Waals surface area contributed by atoms with Crippen LogP contribution in [0.2, 0.25) is 0 Å². The van der Waals surface area contributed by atoms with Gasteiger partial charge in [0.2, 0.25) is 0 Å². The average Bonchev–Trinajstić information content (AvgIpc) is 3.33. The summed E-state index contributed by atoms with van der Waals surface area (Å²) < 4.78 is 1.10. The predicted octanol–water partition coefficient (Wildman–Crippen LogP) is 6.85. The number of hydrogen-bond acceptors (Lipinski definition) is 4. The van der Waals surface area contributed by atoms with Crippen LogP contribution in [0.1, 0.15) is 15.9 Å². The molecule has 1 amide bonds. The third-order valence-corrected chi connectivity index (χ3v) is 6.45. The summed E-state index contributed by atoms with van der Waals surface area (Å²) in [5, 5.41) is 3.02. The molecule has 5 aromatic rings. The third-order valence-electron chi connectivity index (χ3n) is 5.64. The maximum absolute atomic E-state index is 13.1. The highest BCUT2D eigenvalue weighted by atomic mass is 32.1. The summed E-state index contributed by atoms with van der Waals surface area (Å²) in [5.41, 5.74) is 8.56. The van der Waals surface area contributed by atoms with Crippen LogP contribution < -0.4 is 10.2 Å². The number of nitrogens with zero attached hydrogens (tertiary/aromatic N) is 2. The Morgan fingerprint density at radius 1 is 0.909 bits per heavy atom. The number of fused-ring (bicyclic) bond motifs is 1. The number of para-hydroxylation sites is 1. The van der Waals surface area contributed by atoms with E-state index >= 15 is 0 Å². The number of thiazole rings is 1. The van der Waals surface area contributed by atoms with Crippen molar-refractivity contribution >= 4 is 38.8 Å². The van der Waals surface area contributed by atoms with Crippen LogP contribution in [0.15, 0.2) is 103 Å². The fourth-order valence-electron chi connectivity index (χ4n) is 3.93. The maximum Gasteiger partial charge on any atom is 0.255 e. The molecule has 1 heterocycles. The van der Waals surface area contributed by atoms with E-state index in [0.717, 1.165) is 38.3 Å². The Balaban J connectivity index is 1.46. The van der Waals surface area contributed by atoms with E-state index in [0.29, 0.717) is 12.1 Å². The number of hydrogen-bond donors (Lipinski definition) is 1. The number of aromatic nitrogens is 1. The second-order valence-electron chi connectivity index (χ2n) is 7.92. The van der Waals surface area contributed by atoms with Gasteiger partial charge in [0.1, 0.15) is 0 Å². The largest absolute Gasteiger partial charge is 0.370 e. The van der Waals surface area contributed by atoms with Gasteiger partial charge >= 0.3 is 0 Å². The van der Waals surface area contributed by atoms with Gasteiger partial charge in [0.15, 0.2) is 0 Å². The molecule has 0 saturated carbocycles. The van der Waals surface area contributed by atoms with E-state index in [1.54, 1.807) is 11.3 Å². The van der Waals surface area contributed by atoms with Crippen molar-refractivity contribution in [1.29, 1.82) is 0 Å². The van der Waals surface area contributed by atoms with Gasteiger partial charge in [0, 0.05) is 30.5 Å². The fourth-order valence-corrected chi connectivity index (χ4v) is 4.59. The van der Waals surface area contributed by atoms with E-state index in [1.807, 2.05) is 78.3 Å². The summed E-state index contributed by atoms with van der Waals surface area (Å²) in [6.45, 7) is 0.681. The molecule has 0 bridgehead atoms. The number of rotatable bonds is 6. The summed E-state index contributed by atoms with van der Waals surface area (Å²) in [7, 11) is 2.07. The van der Waals surface area contributed by atoms with Crippen molar-refractivity contribution in [3.63, 3.8) is 0 Å². The van der Waals surface area contributed by atoms with Crippen LogP contribution in [0.3, 0.4) is 0 Å². The molecule has 1 N–H and O–H groups in total. The summed E-state index contributed by atoms with van der Waals surface area (Å²) in [4.78, 5) is 19.6. The summed E-state index contributed by atoms with van der Waals surface area (Å²) in [5.74, 6) is -0.132. The van der Waals surface area contributed by atoms with E-state index in [4.69, 9.17) is 0 Å². The lowest BCUT2D eigenvalue weighted by atomic mass is 9.96. The van der Waals surface area contributed by atoms with Gasteiger partial charge in [-0.3, -0.25) is 4.79 Å². The molecule has 4 aromatic carbocycles. The van der Waals surface area contributed by atoms with Crippen molar-refractivity contribution in [1.82, 2.24) is 4.98 Å². The molecule has 4 nitrogen and oxygen atoms in total. The maximum atomic E-state index is 13.1. The number of carbonyl (C=O) groups is 1. The van der Waals surface area contributed by atoms with Crippen LogP contribution in [-0.4, -0.2) is 17.9 Å². The van der Waals surface area contributed by atoms with E-state index in [-0.39, 0.29) is 5.91 Å². The van der Waals surface area contributed by atoms with Crippen LogP contribution in [0.5, 0.6) is 0 Å². The molecule has 0 spiro atoms. The summed E-state index contributed by atoms with van der Waals surface area (Å²) in [6, 6.07) is 32.3. The normalized spacial score (nSPS) is 10.8. The smallest absolute Gasteiger partial charge is 0.255 e. The molecule has 0 fully saturated rings. The molecule has 162 valence electrons.